The fraction of sp³-hybridized carbons (Fsp3) is 0.455. The Morgan fingerprint density at radius 3 is 2.94 bits per heavy atom. The van der Waals surface area contributed by atoms with Crippen molar-refractivity contribution in [3.8, 4) is 0 Å². The Hall–Kier alpha value is -1.40. The van der Waals surface area contributed by atoms with Crippen molar-refractivity contribution in [2.45, 2.75) is 18.9 Å². The van der Waals surface area contributed by atoms with Gasteiger partial charge in [-0.1, -0.05) is 11.6 Å². The lowest BCUT2D eigenvalue weighted by atomic mass is 10.1. The summed E-state index contributed by atoms with van der Waals surface area (Å²) < 4.78 is 18.6. The summed E-state index contributed by atoms with van der Waals surface area (Å²) in [5, 5.41) is 13.6. The lowest BCUT2D eigenvalue weighted by Crippen LogP contribution is -2.30. The number of rotatable bonds is 3. The minimum atomic E-state index is -0.679. The molecule has 98 valence electrons. The van der Waals surface area contributed by atoms with Gasteiger partial charge in [0.15, 0.2) is 0 Å². The molecular formula is C11H12ClFN2O3. The maximum atomic E-state index is 13.4. The van der Waals surface area contributed by atoms with Crippen LogP contribution in [0.1, 0.15) is 12.8 Å². The highest BCUT2D eigenvalue weighted by Crippen LogP contribution is 2.31. The zero-order valence-electron chi connectivity index (χ0n) is 9.49. The van der Waals surface area contributed by atoms with Gasteiger partial charge in [0.2, 0.25) is 0 Å². The lowest BCUT2D eigenvalue weighted by molar-refractivity contribution is -0.384. The zero-order chi connectivity index (χ0) is 13.1. The number of benzene rings is 1. The van der Waals surface area contributed by atoms with Crippen LogP contribution in [0.25, 0.3) is 0 Å². The van der Waals surface area contributed by atoms with Crippen LogP contribution in [0.15, 0.2) is 12.1 Å². The number of ether oxygens (including phenoxy) is 1. The van der Waals surface area contributed by atoms with Crippen molar-refractivity contribution in [1.29, 1.82) is 0 Å². The molecule has 0 saturated carbocycles. The Kier molecular flexibility index (Phi) is 3.98. The van der Waals surface area contributed by atoms with Crippen LogP contribution in [-0.2, 0) is 4.74 Å². The fourth-order valence-corrected chi connectivity index (χ4v) is 2.04. The second-order valence-corrected chi connectivity index (χ2v) is 4.51. The second-order valence-electron chi connectivity index (χ2n) is 4.10. The zero-order valence-corrected chi connectivity index (χ0v) is 10.2. The van der Waals surface area contributed by atoms with Gasteiger partial charge in [-0.2, -0.15) is 0 Å². The molecule has 1 atom stereocenters. The van der Waals surface area contributed by atoms with Gasteiger partial charge in [-0.3, -0.25) is 10.1 Å². The number of hydrogen-bond donors (Lipinski definition) is 1. The van der Waals surface area contributed by atoms with E-state index in [4.69, 9.17) is 16.3 Å². The molecule has 0 amide bonds. The van der Waals surface area contributed by atoms with Gasteiger partial charge in [0.25, 0.3) is 5.69 Å². The number of halogens is 2. The van der Waals surface area contributed by atoms with Gasteiger partial charge in [0.05, 0.1) is 16.6 Å². The van der Waals surface area contributed by atoms with Gasteiger partial charge >= 0.3 is 0 Å². The van der Waals surface area contributed by atoms with E-state index in [1.807, 2.05) is 0 Å². The van der Waals surface area contributed by atoms with Crippen molar-refractivity contribution in [3.63, 3.8) is 0 Å². The van der Waals surface area contributed by atoms with E-state index in [0.29, 0.717) is 13.2 Å². The van der Waals surface area contributed by atoms with Crippen LogP contribution in [0, 0.1) is 15.9 Å². The van der Waals surface area contributed by atoms with Gasteiger partial charge < -0.3 is 10.1 Å². The second kappa shape index (κ2) is 5.49. The number of nitrogens with zero attached hydrogens (tertiary/aromatic N) is 1. The van der Waals surface area contributed by atoms with Gasteiger partial charge in [-0.25, -0.2) is 4.39 Å². The molecule has 1 aliphatic rings. The van der Waals surface area contributed by atoms with Gasteiger partial charge in [-0.15, -0.1) is 0 Å². The van der Waals surface area contributed by atoms with Crippen LogP contribution in [-0.4, -0.2) is 24.2 Å². The Morgan fingerprint density at radius 1 is 1.56 bits per heavy atom. The van der Waals surface area contributed by atoms with Gasteiger partial charge in [0, 0.05) is 24.8 Å². The predicted molar refractivity (Wildman–Crippen MR) is 65.5 cm³/mol. The molecule has 0 spiro atoms. The van der Waals surface area contributed by atoms with Crippen molar-refractivity contribution in [2.24, 2.45) is 0 Å². The SMILES string of the molecule is O=[N+]([O-])c1cc(Cl)c(F)cc1NC1CCCOC1. The molecular weight excluding hydrogens is 263 g/mol. The van der Waals surface area contributed by atoms with Crippen molar-refractivity contribution in [2.75, 3.05) is 18.5 Å². The molecule has 1 saturated heterocycles. The van der Waals surface area contributed by atoms with E-state index >= 15 is 0 Å². The highest BCUT2D eigenvalue weighted by atomic mass is 35.5. The number of nitro groups is 1. The summed E-state index contributed by atoms with van der Waals surface area (Å²) in [5.74, 6) is -0.679. The molecule has 18 heavy (non-hydrogen) atoms. The monoisotopic (exact) mass is 274 g/mol. The minimum absolute atomic E-state index is 0.0435. The van der Waals surface area contributed by atoms with Crippen LogP contribution in [0.2, 0.25) is 5.02 Å². The van der Waals surface area contributed by atoms with E-state index in [1.165, 1.54) is 0 Å². The first kappa shape index (κ1) is 13.0. The van der Waals surface area contributed by atoms with Crippen molar-refractivity contribution >= 4 is 23.0 Å². The molecule has 0 aromatic heterocycles. The largest absolute Gasteiger partial charge is 0.379 e. The molecule has 0 bridgehead atoms. The first-order valence-corrected chi connectivity index (χ1v) is 5.93. The number of nitro benzene ring substituents is 1. The first-order chi connectivity index (χ1) is 8.58. The summed E-state index contributed by atoms with van der Waals surface area (Å²) in [6, 6.07) is 2.02. The maximum absolute atomic E-state index is 13.4. The molecule has 5 nitrogen and oxygen atoms in total. The van der Waals surface area contributed by atoms with Crippen molar-refractivity contribution in [3.05, 3.63) is 33.1 Å². The Bertz CT molecular complexity index is 464. The molecule has 1 aromatic carbocycles. The normalized spacial score (nSPS) is 19.6. The Morgan fingerprint density at radius 2 is 2.33 bits per heavy atom. The molecule has 1 N–H and O–H groups in total. The average molecular weight is 275 g/mol. The summed E-state index contributed by atoms with van der Waals surface area (Å²) >= 11 is 5.54. The molecule has 0 aliphatic carbocycles. The quantitative estimate of drug-likeness (QED) is 0.680. The average Bonchev–Trinajstić information content (AvgIpc) is 2.34. The third kappa shape index (κ3) is 2.88. The molecule has 2 rings (SSSR count). The molecule has 1 aromatic rings. The molecule has 7 heteroatoms. The summed E-state index contributed by atoms with van der Waals surface area (Å²) in [6.07, 6.45) is 1.71. The Balaban J connectivity index is 2.24. The summed E-state index contributed by atoms with van der Waals surface area (Å²) in [7, 11) is 0. The summed E-state index contributed by atoms with van der Waals surface area (Å²) in [5.41, 5.74) is -0.0932. The van der Waals surface area contributed by atoms with E-state index < -0.39 is 10.7 Å². The van der Waals surface area contributed by atoms with Gasteiger partial charge in [0.1, 0.15) is 11.5 Å². The van der Waals surface area contributed by atoms with Crippen LogP contribution in [0.4, 0.5) is 15.8 Å². The topological polar surface area (TPSA) is 64.4 Å². The number of nitrogens with one attached hydrogen (secondary N) is 1. The Labute approximate surface area is 108 Å². The smallest absolute Gasteiger partial charge is 0.294 e. The number of anilines is 1. The van der Waals surface area contributed by atoms with Crippen LogP contribution < -0.4 is 5.32 Å². The van der Waals surface area contributed by atoms with E-state index in [-0.39, 0.29) is 22.4 Å². The third-order valence-corrected chi connectivity index (χ3v) is 3.04. The minimum Gasteiger partial charge on any atom is -0.379 e. The van der Waals surface area contributed by atoms with Gasteiger partial charge in [-0.05, 0) is 12.8 Å². The van der Waals surface area contributed by atoms with E-state index in [2.05, 4.69) is 5.32 Å². The first-order valence-electron chi connectivity index (χ1n) is 5.55. The van der Waals surface area contributed by atoms with E-state index in [0.717, 1.165) is 25.0 Å². The highest BCUT2D eigenvalue weighted by Gasteiger charge is 2.21. The molecule has 1 fully saturated rings. The standard InChI is InChI=1S/C11H12ClFN2O3/c12-8-4-11(15(16)17)10(5-9(8)13)14-7-2-1-3-18-6-7/h4-5,7,14H,1-3,6H2. The lowest BCUT2D eigenvalue weighted by Gasteiger charge is -2.24. The summed E-state index contributed by atoms with van der Waals surface area (Å²) in [6.45, 7) is 1.15. The van der Waals surface area contributed by atoms with Crippen molar-refractivity contribution in [1.82, 2.24) is 0 Å². The van der Waals surface area contributed by atoms with Crippen LogP contribution >= 0.6 is 11.6 Å². The van der Waals surface area contributed by atoms with E-state index in [9.17, 15) is 14.5 Å². The van der Waals surface area contributed by atoms with Crippen LogP contribution in [0.5, 0.6) is 0 Å². The van der Waals surface area contributed by atoms with Crippen molar-refractivity contribution < 1.29 is 14.1 Å². The fourth-order valence-electron chi connectivity index (χ4n) is 1.88. The highest BCUT2D eigenvalue weighted by molar-refractivity contribution is 6.31. The molecule has 1 unspecified atom stereocenters. The molecule has 0 radical (unpaired) electrons. The predicted octanol–water partition coefficient (Wildman–Crippen LogP) is 2.98. The summed E-state index contributed by atoms with van der Waals surface area (Å²) in [4.78, 5) is 10.3. The third-order valence-electron chi connectivity index (χ3n) is 2.76. The van der Waals surface area contributed by atoms with Crippen LogP contribution in [0.3, 0.4) is 0 Å². The molecule has 1 heterocycles. The number of hydrogen-bond acceptors (Lipinski definition) is 4. The molecule has 1 aliphatic heterocycles. The van der Waals surface area contributed by atoms with E-state index in [1.54, 1.807) is 0 Å². The maximum Gasteiger partial charge on any atom is 0.294 e.